The highest BCUT2D eigenvalue weighted by molar-refractivity contribution is 7.92. The van der Waals surface area contributed by atoms with Crippen LogP contribution in [0.3, 0.4) is 0 Å². The van der Waals surface area contributed by atoms with E-state index >= 15 is 4.39 Å². The number of halogens is 1. The van der Waals surface area contributed by atoms with Gasteiger partial charge in [0.2, 0.25) is 0 Å². The van der Waals surface area contributed by atoms with Gasteiger partial charge in [-0.1, -0.05) is 42.5 Å². The zero-order valence-corrected chi connectivity index (χ0v) is 19.2. The Morgan fingerprint density at radius 2 is 1.88 bits per heavy atom. The van der Waals surface area contributed by atoms with E-state index in [1.54, 1.807) is 18.2 Å². The minimum absolute atomic E-state index is 0.0253. The van der Waals surface area contributed by atoms with Crippen LogP contribution < -0.4 is 13.8 Å². The molecule has 3 aromatic carbocycles. The third kappa shape index (κ3) is 3.75. The zero-order valence-electron chi connectivity index (χ0n) is 18.4. The van der Waals surface area contributed by atoms with Crippen molar-refractivity contribution in [1.29, 1.82) is 0 Å². The van der Waals surface area contributed by atoms with Gasteiger partial charge in [-0.2, -0.15) is 13.5 Å². The van der Waals surface area contributed by atoms with Crippen LogP contribution in [0.25, 0.3) is 21.9 Å². The number of rotatable bonds is 5. The van der Waals surface area contributed by atoms with Crippen molar-refractivity contribution in [3.8, 4) is 16.9 Å². The molecule has 1 aliphatic heterocycles. The van der Waals surface area contributed by atoms with Crippen molar-refractivity contribution < 1.29 is 22.3 Å². The summed E-state index contributed by atoms with van der Waals surface area (Å²) in [6, 6.07) is 16.1. The van der Waals surface area contributed by atoms with Gasteiger partial charge >= 0.3 is 10.2 Å². The summed E-state index contributed by atoms with van der Waals surface area (Å²) >= 11 is 0. The Bertz CT molecular complexity index is 1510. The minimum Gasteiger partial charge on any atom is -0.487 e. The molecule has 0 aliphatic carbocycles. The lowest BCUT2D eigenvalue weighted by Gasteiger charge is -2.21. The summed E-state index contributed by atoms with van der Waals surface area (Å²) in [5, 5.41) is 7.85. The predicted molar refractivity (Wildman–Crippen MR) is 126 cm³/mol. The molecule has 2 N–H and O–H groups in total. The second-order valence-corrected chi connectivity index (χ2v) is 9.69. The smallest absolute Gasteiger partial charge is 0.326 e. The van der Waals surface area contributed by atoms with E-state index in [1.807, 2.05) is 55.0 Å². The van der Waals surface area contributed by atoms with E-state index in [1.165, 1.54) is 0 Å². The molecule has 1 fully saturated rings. The van der Waals surface area contributed by atoms with Gasteiger partial charge in [-0.05, 0) is 42.5 Å². The number of aromatic nitrogens is 2. The van der Waals surface area contributed by atoms with Crippen molar-refractivity contribution in [2.75, 3.05) is 10.8 Å². The molecule has 0 saturated carbocycles. The highest BCUT2D eigenvalue weighted by Gasteiger charge is 2.38. The molecule has 174 valence electrons. The molecule has 34 heavy (non-hydrogen) atoms. The van der Waals surface area contributed by atoms with Gasteiger partial charge in [0.25, 0.3) is 5.91 Å². The molecule has 4 aromatic rings. The molecule has 0 bridgehead atoms. The number of nitrogens with zero attached hydrogens (tertiary/aromatic N) is 2. The summed E-state index contributed by atoms with van der Waals surface area (Å²) < 4.78 is 49.7. The van der Waals surface area contributed by atoms with Gasteiger partial charge in [-0.15, -0.1) is 0 Å². The lowest BCUT2D eigenvalue weighted by Crippen LogP contribution is -2.30. The molecule has 1 saturated heterocycles. The minimum atomic E-state index is -4.25. The number of amides is 1. The van der Waals surface area contributed by atoms with E-state index in [4.69, 9.17) is 4.74 Å². The maximum atomic E-state index is 16.1. The van der Waals surface area contributed by atoms with E-state index in [-0.39, 0.29) is 23.4 Å². The van der Waals surface area contributed by atoms with Crippen LogP contribution >= 0.6 is 0 Å². The van der Waals surface area contributed by atoms with Gasteiger partial charge in [0.15, 0.2) is 5.82 Å². The molecule has 2 heterocycles. The second kappa shape index (κ2) is 8.14. The van der Waals surface area contributed by atoms with Gasteiger partial charge in [-0.3, -0.25) is 9.89 Å². The summed E-state index contributed by atoms with van der Waals surface area (Å²) in [7, 11) is -4.25. The van der Waals surface area contributed by atoms with Gasteiger partial charge in [-0.25, -0.2) is 13.4 Å². The highest BCUT2D eigenvalue weighted by Crippen LogP contribution is 2.41. The quantitative estimate of drug-likeness (QED) is 0.453. The fraction of sp³-hybridized carbons (Fsp3) is 0.167. The van der Waals surface area contributed by atoms with Crippen LogP contribution in [0.2, 0.25) is 0 Å². The molecular formula is C24H21FN4O4S. The third-order valence-corrected chi connectivity index (χ3v) is 7.12. The Balaban J connectivity index is 1.68. The number of aromatic amines is 1. The number of ether oxygens (including phenoxy) is 1. The molecule has 1 aromatic heterocycles. The Labute approximate surface area is 195 Å². The van der Waals surface area contributed by atoms with Crippen molar-refractivity contribution in [1.82, 2.24) is 14.9 Å². The van der Waals surface area contributed by atoms with Gasteiger partial charge in [0, 0.05) is 16.6 Å². The largest absolute Gasteiger partial charge is 0.487 e. The lowest BCUT2D eigenvalue weighted by atomic mass is 9.99. The number of anilines is 1. The second-order valence-electron chi connectivity index (χ2n) is 8.09. The van der Waals surface area contributed by atoms with Crippen LogP contribution in [0, 0.1) is 19.7 Å². The third-order valence-electron chi connectivity index (χ3n) is 5.74. The maximum Gasteiger partial charge on any atom is 0.326 e. The van der Waals surface area contributed by atoms with Crippen molar-refractivity contribution in [3.63, 3.8) is 0 Å². The molecule has 1 amide bonds. The summed E-state index contributed by atoms with van der Waals surface area (Å²) in [5.41, 5.74) is 3.69. The zero-order chi connectivity index (χ0) is 24.0. The normalized spacial score (nSPS) is 15.0. The first-order chi connectivity index (χ1) is 16.2. The van der Waals surface area contributed by atoms with Crippen molar-refractivity contribution in [2.24, 2.45) is 0 Å². The Kier molecular flexibility index (Phi) is 5.24. The Hall–Kier alpha value is -3.92. The van der Waals surface area contributed by atoms with Crippen molar-refractivity contribution in [3.05, 3.63) is 77.4 Å². The van der Waals surface area contributed by atoms with Crippen molar-refractivity contribution >= 4 is 32.6 Å². The van der Waals surface area contributed by atoms with Crippen LogP contribution in [0.15, 0.2) is 54.6 Å². The van der Waals surface area contributed by atoms with Crippen LogP contribution in [0.1, 0.15) is 17.0 Å². The number of carbonyl (C=O) groups is 1. The first kappa shape index (κ1) is 21.9. The van der Waals surface area contributed by atoms with E-state index in [9.17, 15) is 13.2 Å². The van der Waals surface area contributed by atoms with E-state index in [0.29, 0.717) is 9.69 Å². The molecule has 0 unspecified atom stereocenters. The predicted octanol–water partition coefficient (Wildman–Crippen LogP) is 3.75. The monoisotopic (exact) mass is 480 g/mol. The SMILES string of the molecule is Cc1n[nH]c(C)c1-c1ccc2cc(OCc3ccccc3)c(N3CC(=O)NS3(=O)=O)c(F)c2c1. The first-order valence-corrected chi connectivity index (χ1v) is 12.0. The molecule has 5 rings (SSSR count). The van der Waals surface area contributed by atoms with Gasteiger partial charge in [0.1, 0.15) is 24.6 Å². The van der Waals surface area contributed by atoms with E-state index in [0.717, 1.165) is 28.1 Å². The van der Waals surface area contributed by atoms with Gasteiger partial charge in [0.05, 0.1) is 5.69 Å². The van der Waals surface area contributed by atoms with Crippen LogP contribution in [-0.4, -0.2) is 31.1 Å². The average Bonchev–Trinajstić information content (AvgIpc) is 3.28. The number of hydrogen-bond donors (Lipinski definition) is 2. The number of carbonyl (C=O) groups excluding carboxylic acids is 1. The highest BCUT2D eigenvalue weighted by atomic mass is 32.2. The summed E-state index contributed by atoms with van der Waals surface area (Å²) in [6.07, 6.45) is 0. The van der Waals surface area contributed by atoms with Crippen LogP contribution in [0.4, 0.5) is 10.1 Å². The Morgan fingerprint density at radius 3 is 2.53 bits per heavy atom. The number of nitrogens with one attached hydrogen (secondary N) is 2. The van der Waals surface area contributed by atoms with Gasteiger partial charge < -0.3 is 4.74 Å². The molecule has 0 radical (unpaired) electrons. The number of benzene rings is 3. The fourth-order valence-corrected chi connectivity index (χ4v) is 5.33. The first-order valence-electron chi connectivity index (χ1n) is 10.5. The lowest BCUT2D eigenvalue weighted by molar-refractivity contribution is -0.117. The molecular weight excluding hydrogens is 459 g/mol. The number of H-pyrrole nitrogens is 1. The molecule has 10 heteroatoms. The van der Waals surface area contributed by atoms with Crippen LogP contribution in [0.5, 0.6) is 5.75 Å². The van der Waals surface area contributed by atoms with E-state index < -0.39 is 28.5 Å². The molecule has 0 spiro atoms. The average molecular weight is 481 g/mol. The fourth-order valence-electron chi connectivity index (χ4n) is 4.17. The summed E-state index contributed by atoms with van der Waals surface area (Å²) in [5.74, 6) is -1.51. The number of hydrogen-bond acceptors (Lipinski definition) is 5. The van der Waals surface area contributed by atoms with Crippen molar-refractivity contribution in [2.45, 2.75) is 20.5 Å². The molecule has 0 atom stereocenters. The maximum absolute atomic E-state index is 16.1. The summed E-state index contributed by atoms with van der Waals surface area (Å²) in [6.45, 7) is 3.28. The topological polar surface area (TPSA) is 104 Å². The number of aryl methyl sites for hydroxylation is 2. The van der Waals surface area contributed by atoms with E-state index in [2.05, 4.69) is 10.2 Å². The Morgan fingerprint density at radius 1 is 1.12 bits per heavy atom. The molecule has 1 aliphatic rings. The molecule has 8 nitrogen and oxygen atoms in total. The summed E-state index contributed by atoms with van der Waals surface area (Å²) in [4.78, 5) is 11.9. The van der Waals surface area contributed by atoms with Crippen LogP contribution in [-0.2, 0) is 21.6 Å². The standard InChI is InChI=1S/C24H21FN4O4S/c1-14-22(15(2)27-26-14)18-9-8-17-11-20(33-13-16-6-4-3-5-7-16)24(23(25)19(17)10-18)29-12-21(30)28-34(29,31)32/h3-11H,12-13H2,1-2H3,(H,26,27)(H,28,30). The number of fused-ring (bicyclic) bond motifs is 1.